The van der Waals surface area contributed by atoms with Crippen LogP contribution in [0.4, 0.5) is 5.69 Å². The summed E-state index contributed by atoms with van der Waals surface area (Å²) in [4.78, 5) is 9.00. The van der Waals surface area contributed by atoms with Crippen LogP contribution in [0.2, 0.25) is 5.02 Å². The first-order chi connectivity index (χ1) is 10.1. The number of nitrogens with two attached hydrogens (primary N) is 1. The van der Waals surface area contributed by atoms with E-state index in [1.807, 2.05) is 12.1 Å². The number of benzene rings is 1. The number of nitrogen functional groups attached to an aromatic ring is 1. The average Bonchev–Trinajstić information content (AvgIpc) is 2.94. The number of aromatic nitrogens is 2. The number of halogens is 1. The molecular weight excluding hydrogens is 290 g/mol. The average molecular weight is 308 g/mol. The van der Waals surface area contributed by atoms with E-state index in [9.17, 15) is 0 Å². The van der Waals surface area contributed by atoms with Crippen molar-refractivity contribution >= 4 is 17.3 Å². The highest BCUT2D eigenvalue weighted by Crippen LogP contribution is 2.31. The minimum atomic E-state index is 0.127. The molecule has 1 saturated heterocycles. The molecule has 7 heteroatoms. The van der Waals surface area contributed by atoms with Gasteiger partial charge in [-0.25, -0.2) is 0 Å². The Morgan fingerprint density at radius 2 is 2.14 bits per heavy atom. The fraction of sp³-hybridized carbons (Fsp3) is 0.429. The highest BCUT2D eigenvalue weighted by Gasteiger charge is 2.28. The van der Waals surface area contributed by atoms with E-state index >= 15 is 0 Å². The molecule has 2 aromatic rings. The summed E-state index contributed by atoms with van der Waals surface area (Å²) in [5, 5.41) is 4.61. The normalized spacial score (nSPS) is 20.8. The monoisotopic (exact) mass is 307 g/mol. The molecule has 1 unspecified atom stereocenters. The van der Waals surface area contributed by atoms with Gasteiger partial charge in [0, 0.05) is 19.6 Å². The van der Waals surface area contributed by atoms with Crippen LogP contribution >= 0.6 is 11.6 Å². The zero-order valence-corrected chi connectivity index (χ0v) is 12.8. The molecule has 1 atom stereocenters. The lowest BCUT2D eigenvalue weighted by atomic mass is 10.1. The van der Waals surface area contributed by atoms with Crippen LogP contribution in [0.25, 0.3) is 11.5 Å². The third-order valence-electron chi connectivity index (χ3n) is 3.87. The standard InChI is InChI=1S/C14H18ClN5O/c1-19-6-7-20(2)11(8-19)13-17-14(21-18-13)9-4-3-5-10(15)12(9)16/h3-5,11H,6-8,16H2,1-2H3. The molecule has 1 aromatic carbocycles. The van der Waals surface area contributed by atoms with Crippen LogP contribution in [0.15, 0.2) is 22.7 Å². The van der Waals surface area contributed by atoms with E-state index in [0.717, 1.165) is 19.6 Å². The molecule has 1 aromatic heterocycles. The van der Waals surface area contributed by atoms with Gasteiger partial charge in [-0.1, -0.05) is 22.8 Å². The Balaban J connectivity index is 1.91. The maximum Gasteiger partial charge on any atom is 0.260 e. The van der Waals surface area contributed by atoms with Gasteiger partial charge < -0.3 is 15.2 Å². The molecule has 0 bridgehead atoms. The van der Waals surface area contributed by atoms with Gasteiger partial charge in [-0.3, -0.25) is 4.90 Å². The first-order valence-electron chi connectivity index (χ1n) is 6.83. The number of rotatable bonds is 2. The number of para-hydroxylation sites is 1. The van der Waals surface area contributed by atoms with E-state index in [2.05, 4.69) is 34.0 Å². The molecule has 112 valence electrons. The van der Waals surface area contributed by atoms with Gasteiger partial charge in [0.25, 0.3) is 5.89 Å². The first kappa shape index (κ1) is 14.3. The van der Waals surface area contributed by atoms with E-state index in [1.54, 1.807) is 6.07 Å². The van der Waals surface area contributed by atoms with Crippen LogP contribution in [0.5, 0.6) is 0 Å². The Morgan fingerprint density at radius 1 is 1.33 bits per heavy atom. The third-order valence-corrected chi connectivity index (χ3v) is 4.20. The molecule has 3 rings (SSSR count). The molecule has 1 aliphatic heterocycles. The largest absolute Gasteiger partial charge is 0.397 e. The van der Waals surface area contributed by atoms with Crippen LogP contribution in [-0.2, 0) is 0 Å². The van der Waals surface area contributed by atoms with Crippen molar-refractivity contribution in [3.8, 4) is 11.5 Å². The maximum atomic E-state index is 6.03. The van der Waals surface area contributed by atoms with Crippen molar-refractivity contribution in [2.75, 3.05) is 39.5 Å². The Kier molecular flexibility index (Phi) is 3.84. The summed E-state index contributed by atoms with van der Waals surface area (Å²) in [7, 11) is 4.16. The van der Waals surface area contributed by atoms with E-state index < -0.39 is 0 Å². The lowest BCUT2D eigenvalue weighted by Gasteiger charge is -2.35. The van der Waals surface area contributed by atoms with Crippen molar-refractivity contribution in [3.63, 3.8) is 0 Å². The van der Waals surface area contributed by atoms with E-state index in [-0.39, 0.29) is 6.04 Å². The summed E-state index contributed by atoms with van der Waals surface area (Å²) in [6.45, 7) is 2.89. The van der Waals surface area contributed by atoms with Gasteiger partial charge in [0.1, 0.15) is 0 Å². The summed E-state index contributed by atoms with van der Waals surface area (Å²) < 4.78 is 5.38. The summed E-state index contributed by atoms with van der Waals surface area (Å²) in [5.41, 5.74) is 7.11. The summed E-state index contributed by atoms with van der Waals surface area (Å²) in [5.74, 6) is 1.09. The Morgan fingerprint density at radius 3 is 2.95 bits per heavy atom. The molecule has 0 radical (unpaired) electrons. The Bertz CT molecular complexity index is 644. The van der Waals surface area contributed by atoms with Crippen molar-refractivity contribution < 1.29 is 4.52 Å². The molecule has 2 N–H and O–H groups in total. The smallest absolute Gasteiger partial charge is 0.260 e. The summed E-state index contributed by atoms with van der Waals surface area (Å²) >= 11 is 6.03. The lowest BCUT2D eigenvalue weighted by molar-refractivity contribution is 0.108. The molecule has 0 saturated carbocycles. The number of piperazine rings is 1. The van der Waals surface area contributed by atoms with Crippen molar-refractivity contribution in [1.82, 2.24) is 19.9 Å². The molecule has 0 aliphatic carbocycles. The second-order valence-corrected chi connectivity index (χ2v) is 5.82. The van der Waals surface area contributed by atoms with E-state index in [4.69, 9.17) is 21.9 Å². The number of hydrogen-bond donors (Lipinski definition) is 1. The van der Waals surface area contributed by atoms with Gasteiger partial charge in [0.05, 0.1) is 22.3 Å². The van der Waals surface area contributed by atoms with Gasteiger partial charge in [-0.15, -0.1) is 0 Å². The Labute approximate surface area is 128 Å². The quantitative estimate of drug-likeness (QED) is 0.854. The van der Waals surface area contributed by atoms with Crippen molar-refractivity contribution in [2.24, 2.45) is 0 Å². The van der Waals surface area contributed by atoms with Crippen LogP contribution < -0.4 is 5.73 Å². The maximum absolute atomic E-state index is 6.03. The molecule has 21 heavy (non-hydrogen) atoms. The van der Waals surface area contributed by atoms with E-state index in [0.29, 0.717) is 28.0 Å². The first-order valence-corrected chi connectivity index (χ1v) is 7.21. The van der Waals surface area contributed by atoms with Gasteiger partial charge in [0.15, 0.2) is 5.82 Å². The van der Waals surface area contributed by atoms with Crippen LogP contribution in [-0.4, -0.2) is 53.7 Å². The molecule has 6 nitrogen and oxygen atoms in total. The topological polar surface area (TPSA) is 71.4 Å². The SMILES string of the molecule is CN1CCN(C)C(c2noc(-c3cccc(Cl)c3N)n2)C1. The van der Waals surface area contributed by atoms with Crippen molar-refractivity contribution in [2.45, 2.75) is 6.04 Å². The van der Waals surface area contributed by atoms with Crippen LogP contribution in [0.3, 0.4) is 0 Å². The predicted octanol–water partition coefficient (Wildman–Crippen LogP) is 1.89. The number of anilines is 1. The Hall–Kier alpha value is -1.63. The van der Waals surface area contributed by atoms with Gasteiger partial charge in [-0.2, -0.15) is 4.98 Å². The van der Waals surface area contributed by atoms with Crippen molar-refractivity contribution in [1.29, 1.82) is 0 Å². The zero-order valence-electron chi connectivity index (χ0n) is 12.1. The molecule has 1 aliphatic rings. The van der Waals surface area contributed by atoms with Crippen molar-refractivity contribution in [3.05, 3.63) is 29.0 Å². The second-order valence-electron chi connectivity index (χ2n) is 5.42. The third kappa shape index (κ3) is 2.74. The van der Waals surface area contributed by atoms with E-state index in [1.165, 1.54) is 0 Å². The molecule has 0 amide bonds. The number of hydrogen-bond acceptors (Lipinski definition) is 6. The van der Waals surface area contributed by atoms with Crippen LogP contribution in [0.1, 0.15) is 11.9 Å². The number of nitrogens with zero attached hydrogens (tertiary/aromatic N) is 4. The highest BCUT2D eigenvalue weighted by atomic mass is 35.5. The zero-order chi connectivity index (χ0) is 15.0. The minimum absolute atomic E-state index is 0.127. The lowest BCUT2D eigenvalue weighted by Crippen LogP contribution is -2.45. The van der Waals surface area contributed by atoms with Crippen LogP contribution in [0, 0.1) is 0 Å². The number of likely N-dealkylation sites (N-methyl/N-ethyl adjacent to an activating group) is 2. The summed E-state index contributed by atoms with van der Waals surface area (Å²) in [6, 6.07) is 5.51. The summed E-state index contributed by atoms with van der Waals surface area (Å²) in [6.07, 6.45) is 0. The van der Waals surface area contributed by atoms with Gasteiger partial charge >= 0.3 is 0 Å². The molecule has 1 fully saturated rings. The molecular formula is C14H18ClN5O. The molecule has 0 spiro atoms. The van der Waals surface area contributed by atoms with Gasteiger partial charge in [-0.05, 0) is 26.2 Å². The fourth-order valence-corrected chi connectivity index (χ4v) is 2.67. The van der Waals surface area contributed by atoms with Gasteiger partial charge in [0.2, 0.25) is 0 Å². The predicted molar refractivity (Wildman–Crippen MR) is 82.0 cm³/mol. The minimum Gasteiger partial charge on any atom is -0.397 e. The molecule has 2 heterocycles. The second kappa shape index (κ2) is 5.63. The fourth-order valence-electron chi connectivity index (χ4n) is 2.49. The highest BCUT2D eigenvalue weighted by molar-refractivity contribution is 6.33.